The van der Waals surface area contributed by atoms with Gasteiger partial charge in [-0.15, -0.1) is 0 Å². The van der Waals surface area contributed by atoms with Gasteiger partial charge in [0.1, 0.15) is 5.75 Å². The third kappa shape index (κ3) is 4.06. The minimum atomic E-state index is 0.0641. The van der Waals surface area contributed by atoms with Gasteiger partial charge in [0, 0.05) is 6.04 Å². The van der Waals surface area contributed by atoms with E-state index in [9.17, 15) is 5.11 Å². The van der Waals surface area contributed by atoms with Crippen LogP contribution in [0.25, 0.3) is 0 Å². The van der Waals surface area contributed by atoms with Gasteiger partial charge in [-0.2, -0.15) is 0 Å². The molecule has 0 spiro atoms. The summed E-state index contributed by atoms with van der Waals surface area (Å²) in [4.78, 5) is 0. The van der Waals surface area contributed by atoms with E-state index in [1.54, 1.807) is 7.11 Å². The zero-order chi connectivity index (χ0) is 15.1. The lowest BCUT2D eigenvalue weighted by Gasteiger charge is -2.25. The lowest BCUT2D eigenvalue weighted by atomic mass is 9.97. The molecule has 2 rings (SSSR count). The molecule has 2 aromatic carbocycles. The van der Waals surface area contributed by atoms with Gasteiger partial charge in [-0.05, 0) is 29.7 Å². The summed E-state index contributed by atoms with van der Waals surface area (Å²) in [7, 11) is 1.67. The Morgan fingerprint density at radius 3 is 2.14 bits per heavy atom. The molecule has 2 aromatic rings. The topological polar surface area (TPSA) is 41.5 Å². The van der Waals surface area contributed by atoms with Crippen molar-refractivity contribution in [1.29, 1.82) is 0 Å². The fourth-order valence-electron chi connectivity index (χ4n) is 2.36. The molecule has 0 radical (unpaired) electrons. The molecule has 3 nitrogen and oxygen atoms in total. The van der Waals surface area contributed by atoms with Crippen LogP contribution in [0.5, 0.6) is 5.75 Å². The second-order valence-corrected chi connectivity index (χ2v) is 5.07. The van der Waals surface area contributed by atoms with E-state index in [-0.39, 0.29) is 18.7 Å². The van der Waals surface area contributed by atoms with Crippen LogP contribution >= 0.6 is 0 Å². The fourth-order valence-corrected chi connectivity index (χ4v) is 2.36. The van der Waals surface area contributed by atoms with Crippen LogP contribution in [0.2, 0.25) is 0 Å². The number of methoxy groups -OCH3 is 1. The molecule has 0 aliphatic rings. The van der Waals surface area contributed by atoms with E-state index in [1.165, 1.54) is 5.56 Å². The summed E-state index contributed by atoms with van der Waals surface area (Å²) in [5.74, 6) is 0.847. The molecule has 0 saturated carbocycles. The van der Waals surface area contributed by atoms with Crippen LogP contribution in [0.1, 0.15) is 30.5 Å². The van der Waals surface area contributed by atoms with Crippen molar-refractivity contribution in [2.45, 2.75) is 25.4 Å². The van der Waals surface area contributed by atoms with Crippen molar-refractivity contribution in [1.82, 2.24) is 5.32 Å². The number of ether oxygens (including phenoxy) is 1. The van der Waals surface area contributed by atoms with E-state index >= 15 is 0 Å². The van der Waals surface area contributed by atoms with Crippen molar-refractivity contribution >= 4 is 0 Å². The Kier molecular flexibility index (Phi) is 5.78. The van der Waals surface area contributed by atoms with Crippen LogP contribution in [-0.2, 0) is 0 Å². The standard InChI is InChI=1S/C18H23NO2/c1-3-16(13-20)19-18(14-7-5-4-6-8-14)15-9-11-17(21-2)12-10-15/h4-12,16,18-20H,3,13H2,1-2H3/t16-,18?/m1/s1. The van der Waals surface area contributed by atoms with E-state index in [2.05, 4.69) is 36.5 Å². The van der Waals surface area contributed by atoms with Crippen molar-refractivity contribution in [2.75, 3.05) is 13.7 Å². The number of hydrogen-bond acceptors (Lipinski definition) is 3. The lowest BCUT2D eigenvalue weighted by Crippen LogP contribution is -2.35. The van der Waals surface area contributed by atoms with E-state index in [0.717, 1.165) is 17.7 Å². The van der Waals surface area contributed by atoms with E-state index < -0.39 is 0 Å². The molecule has 2 N–H and O–H groups in total. The summed E-state index contributed by atoms with van der Waals surface area (Å²) in [6.07, 6.45) is 0.885. The maximum absolute atomic E-state index is 9.47. The summed E-state index contributed by atoms with van der Waals surface area (Å²) in [5, 5.41) is 13.0. The van der Waals surface area contributed by atoms with Crippen LogP contribution < -0.4 is 10.1 Å². The molecule has 2 atom stereocenters. The first-order chi connectivity index (χ1) is 10.3. The Balaban J connectivity index is 2.30. The second kappa shape index (κ2) is 7.81. The highest BCUT2D eigenvalue weighted by molar-refractivity contribution is 5.35. The van der Waals surface area contributed by atoms with Crippen LogP contribution in [0.3, 0.4) is 0 Å². The third-order valence-corrected chi connectivity index (χ3v) is 3.70. The summed E-state index contributed by atoms with van der Waals surface area (Å²) < 4.78 is 5.22. The first kappa shape index (κ1) is 15.5. The van der Waals surface area contributed by atoms with Gasteiger partial charge in [0.25, 0.3) is 0 Å². The zero-order valence-corrected chi connectivity index (χ0v) is 12.6. The summed E-state index contributed by atoms with van der Waals surface area (Å²) in [6.45, 7) is 2.21. The molecule has 3 heteroatoms. The molecule has 112 valence electrons. The van der Waals surface area contributed by atoms with E-state index in [0.29, 0.717) is 0 Å². The molecule has 0 fully saturated rings. The number of rotatable bonds is 7. The van der Waals surface area contributed by atoms with Gasteiger partial charge in [0.05, 0.1) is 19.8 Å². The van der Waals surface area contributed by atoms with Gasteiger partial charge < -0.3 is 15.2 Å². The molecule has 0 saturated heterocycles. The molecule has 1 unspecified atom stereocenters. The average molecular weight is 285 g/mol. The average Bonchev–Trinajstić information content (AvgIpc) is 2.57. The van der Waals surface area contributed by atoms with Crippen LogP contribution in [0, 0.1) is 0 Å². The van der Waals surface area contributed by atoms with Crippen LogP contribution in [-0.4, -0.2) is 24.9 Å². The van der Waals surface area contributed by atoms with E-state index in [1.807, 2.05) is 30.3 Å². The molecular formula is C18H23NO2. The maximum atomic E-state index is 9.47. The number of nitrogens with one attached hydrogen (secondary N) is 1. The Bertz CT molecular complexity index is 521. The van der Waals surface area contributed by atoms with Crippen molar-refractivity contribution < 1.29 is 9.84 Å². The lowest BCUT2D eigenvalue weighted by molar-refractivity contribution is 0.232. The Labute approximate surface area is 126 Å². The minimum Gasteiger partial charge on any atom is -0.497 e. The molecule has 0 aliphatic heterocycles. The monoisotopic (exact) mass is 285 g/mol. The number of benzene rings is 2. The van der Waals surface area contributed by atoms with Crippen LogP contribution in [0.15, 0.2) is 54.6 Å². The van der Waals surface area contributed by atoms with Crippen molar-refractivity contribution in [2.24, 2.45) is 0 Å². The fraction of sp³-hybridized carbons (Fsp3) is 0.333. The smallest absolute Gasteiger partial charge is 0.118 e. The SMILES string of the molecule is CC[C@H](CO)NC(c1ccccc1)c1ccc(OC)cc1. The number of hydrogen-bond donors (Lipinski definition) is 2. The number of aliphatic hydroxyl groups is 1. The largest absolute Gasteiger partial charge is 0.497 e. The molecule has 0 bridgehead atoms. The first-order valence-electron chi connectivity index (χ1n) is 7.34. The third-order valence-electron chi connectivity index (χ3n) is 3.70. The predicted octanol–water partition coefficient (Wildman–Crippen LogP) is 3.15. The van der Waals surface area contributed by atoms with Gasteiger partial charge in [-0.25, -0.2) is 0 Å². The second-order valence-electron chi connectivity index (χ2n) is 5.07. The molecular weight excluding hydrogens is 262 g/mol. The normalized spacial score (nSPS) is 13.7. The van der Waals surface area contributed by atoms with E-state index in [4.69, 9.17) is 4.74 Å². The Hall–Kier alpha value is -1.84. The maximum Gasteiger partial charge on any atom is 0.118 e. The number of aliphatic hydroxyl groups excluding tert-OH is 1. The van der Waals surface area contributed by atoms with Crippen molar-refractivity contribution in [3.05, 3.63) is 65.7 Å². The van der Waals surface area contributed by atoms with Gasteiger partial charge in [-0.1, -0.05) is 49.4 Å². The quantitative estimate of drug-likeness (QED) is 0.821. The molecule has 0 heterocycles. The van der Waals surface area contributed by atoms with Crippen LogP contribution in [0.4, 0.5) is 0 Å². The Morgan fingerprint density at radius 2 is 1.62 bits per heavy atom. The highest BCUT2D eigenvalue weighted by atomic mass is 16.5. The molecule has 0 aliphatic carbocycles. The summed E-state index contributed by atoms with van der Waals surface area (Å²) >= 11 is 0. The molecule has 0 aromatic heterocycles. The van der Waals surface area contributed by atoms with Gasteiger partial charge >= 0.3 is 0 Å². The highest BCUT2D eigenvalue weighted by Crippen LogP contribution is 2.24. The summed E-state index contributed by atoms with van der Waals surface area (Å²) in [6, 6.07) is 18.5. The highest BCUT2D eigenvalue weighted by Gasteiger charge is 2.17. The zero-order valence-electron chi connectivity index (χ0n) is 12.6. The minimum absolute atomic E-state index is 0.0641. The first-order valence-corrected chi connectivity index (χ1v) is 7.34. The molecule has 0 amide bonds. The Morgan fingerprint density at radius 1 is 1.00 bits per heavy atom. The summed E-state index contributed by atoms with van der Waals surface area (Å²) in [5.41, 5.74) is 2.35. The van der Waals surface area contributed by atoms with Gasteiger partial charge in [-0.3, -0.25) is 0 Å². The van der Waals surface area contributed by atoms with Crippen molar-refractivity contribution in [3.63, 3.8) is 0 Å². The molecule has 21 heavy (non-hydrogen) atoms. The predicted molar refractivity (Wildman–Crippen MR) is 85.6 cm³/mol. The van der Waals surface area contributed by atoms with Gasteiger partial charge in [0.2, 0.25) is 0 Å². The van der Waals surface area contributed by atoms with Crippen molar-refractivity contribution in [3.8, 4) is 5.75 Å². The van der Waals surface area contributed by atoms with Gasteiger partial charge in [0.15, 0.2) is 0 Å².